The van der Waals surface area contributed by atoms with Crippen molar-refractivity contribution < 1.29 is 22.8 Å². The highest BCUT2D eigenvalue weighted by molar-refractivity contribution is 6.60. The first-order valence-electron chi connectivity index (χ1n) is 3.55. The van der Waals surface area contributed by atoms with Crippen LogP contribution < -0.4 is 6.15 Å². The van der Waals surface area contributed by atoms with Crippen molar-refractivity contribution in [1.82, 2.24) is 10.7 Å². The molecule has 3 N–H and O–H groups in total. The Balaban J connectivity index is 0. The SMILES string of the molecule is COC(=O)N(C)[Si](OC)(OC)OC.N. The summed E-state index contributed by atoms with van der Waals surface area (Å²) in [5.74, 6) is 0. The van der Waals surface area contributed by atoms with E-state index in [9.17, 15) is 4.79 Å². The molecule has 0 aromatic heterocycles. The van der Waals surface area contributed by atoms with Gasteiger partial charge in [0.1, 0.15) is 0 Å². The lowest BCUT2D eigenvalue weighted by Crippen LogP contribution is -2.59. The molecule has 0 saturated carbocycles. The van der Waals surface area contributed by atoms with Crippen LogP contribution in [0, 0.1) is 0 Å². The van der Waals surface area contributed by atoms with Crippen LogP contribution in [0.25, 0.3) is 0 Å². The fraction of sp³-hybridized carbons (Fsp3) is 0.833. The zero-order chi connectivity index (χ0) is 10.5. The summed E-state index contributed by atoms with van der Waals surface area (Å²) in [5, 5.41) is 0. The Labute approximate surface area is 84.9 Å². The summed E-state index contributed by atoms with van der Waals surface area (Å²) in [6.07, 6.45) is -0.558. The normalized spacial score (nSPS) is 10.4. The predicted octanol–water partition coefficient (Wildman–Crippen LogP) is 0.221. The average Bonchev–Trinajstić information content (AvgIpc) is 2.20. The molecule has 0 saturated heterocycles. The maximum Gasteiger partial charge on any atom is 0.637 e. The number of carbonyl (C=O) groups excluding carboxylic acids is 1. The van der Waals surface area contributed by atoms with E-state index in [1.54, 1.807) is 0 Å². The third kappa shape index (κ3) is 2.92. The van der Waals surface area contributed by atoms with Crippen molar-refractivity contribution in [3.05, 3.63) is 0 Å². The van der Waals surface area contributed by atoms with Gasteiger partial charge < -0.3 is 24.2 Å². The molecule has 0 aromatic carbocycles. The van der Waals surface area contributed by atoms with Crippen LogP contribution in [0.3, 0.4) is 0 Å². The third-order valence-corrected chi connectivity index (χ3v) is 4.19. The van der Waals surface area contributed by atoms with E-state index in [2.05, 4.69) is 4.74 Å². The minimum Gasteiger partial charge on any atom is -0.453 e. The number of hydrogen-bond acceptors (Lipinski definition) is 6. The van der Waals surface area contributed by atoms with Crippen LogP contribution in [-0.2, 0) is 18.0 Å². The molecule has 0 spiro atoms. The van der Waals surface area contributed by atoms with E-state index in [-0.39, 0.29) is 6.15 Å². The molecule has 0 aliphatic carbocycles. The van der Waals surface area contributed by atoms with E-state index < -0.39 is 15.1 Å². The van der Waals surface area contributed by atoms with Gasteiger partial charge in [0.05, 0.1) is 7.11 Å². The van der Waals surface area contributed by atoms with Gasteiger partial charge in [0.2, 0.25) is 0 Å². The molecular weight excluding hydrogens is 208 g/mol. The average molecular weight is 226 g/mol. The van der Waals surface area contributed by atoms with Crippen molar-refractivity contribution in [2.24, 2.45) is 0 Å². The Morgan fingerprint density at radius 2 is 1.43 bits per heavy atom. The lowest BCUT2D eigenvalue weighted by Gasteiger charge is -2.30. The Kier molecular flexibility index (Phi) is 7.59. The summed E-state index contributed by atoms with van der Waals surface area (Å²) in [7, 11) is 3.97. The molecule has 0 aliphatic heterocycles. The Morgan fingerprint density at radius 1 is 1.07 bits per heavy atom. The zero-order valence-electron chi connectivity index (χ0n) is 9.20. The van der Waals surface area contributed by atoms with Crippen molar-refractivity contribution >= 4 is 15.1 Å². The molecule has 0 bridgehead atoms. The maximum absolute atomic E-state index is 11.1. The van der Waals surface area contributed by atoms with E-state index >= 15 is 0 Å². The highest BCUT2D eigenvalue weighted by Crippen LogP contribution is 2.11. The largest absolute Gasteiger partial charge is 0.637 e. The fourth-order valence-electron chi connectivity index (χ4n) is 0.910. The van der Waals surface area contributed by atoms with Gasteiger partial charge >= 0.3 is 15.1 Å². The molecule has 7 nitrogen and oxygen atoms in total. The van der Waals surface area contributed by atoms with Gasteiger partial charge in [-0.05, 0) is 0 Å². The van der Waals surface area contributed by atoms with E-state index in [1.807, 2.05) is 0 Å². The predicted molar refractivity (Wildman–Crippen MR) is 52.0 cm³/mol. The number of carbonyl (C=O) groups is 1. The second-order valence-electron chi connectivity index (χ2n) is 2.17. The van der Waals surface area contributed by atoms with Crippen LogP contribution in [-0.4, -0.2) is 55.1 Å². The number of hydrogen-bond donors (Lipinski definition) is 1. The Bertz CT molecular complexity index is 167. The molecule has 0 aliphatic rings. The number of methoxy groups -OCH3 is 1. The fourth-order valence-corrected chi connectivity index (χ4v) is 2.55. The summed E-state index contributed by atoms with van der Waals surface area (Å²) in [4.78, 5) is 11.1. The second kappa shape index (κ2) is 6.73. The van der Waals surface area contributed by atoms with Gasteiger partial charge in [0.25, 0.3) is 0 Å². The van der Waals surface area contributed by atoms with Gasteiger partial charge in [0, 0.05) is 28.4 Å². The molecule has 14 heavy (non-hydrogen) atoms. The van der Waals surface area contributed by atoms with Crippen molar-refractivity contribution in [2.75, 3.05) is 35.5 Å². The molecule has 8 heteroatoms. The lowest BCUT2D eigenvalue weighted by molar-refractivity contribution is 0.0594. The summed E-state index contributed by atoms with van der Waals surface area (Å²) in [5.41, 5.74) is 0. The highest BCUT2D eigenvalue weighted by atomic mass is 28.4. The molecule has 0 radical (unpaired) electrons. The van der Waals surface area contributed by atoms with Crippen LogP contribution in [0.4, 0.5) is 4.79 Å². The molecule has 0 heterocycles. The van der Waals surface area contributed by atoms with Gasteiger partial charge in [-0.3, -0.25) is 4.57 Å². The van der Waals surface area contributed by atoms with E-state index in [4.69, 9.17) is 13.3 Å². The summed E-state index contributed by atoms with van der Waals surface area (Å²) < 4.78 is 20.8. The zero-order valence-corrected chi connectivity index (χ0v) is 10.2. The van der Waals surface area contributed by atoms with E-state index in [0.29, 0.717) is 0 Å². The summed E-state index contributed by atoms with van der Waals surface area (Å²) >= 11 is 0. The first kappa shape index (κ1) is 15.8. The van der Waals surface area contributed by atoms with E-state index in [1.165, 1.54) is 40.1 Å². The molecule has 0 unspecified atom stereocenters. The van der Waals surface area contributed by atoms with Crippen LogP contribution in [0.15, 0.2) is 0 Å². The van der Waals surface area contributed by atoms with Gasteiger partial charge in [-0.15, -0.1) is 0 Å². The number of rotatable bonds is 4. The molecule has 0 fully saturated rings. The molecule has 0 atom stereocenters. The Morgan fingerprint density at radius 3 is 1.64 bits per heavy atom. The first-order chi connectivity index (χ1) is 6.07. The standard InChI is InChI=1S/C6H15NO5Si.H3N/c1-7(6(8)9-2)13(10-3,11-4)12-5;/h1-5H3;1H3. The summed E-state index contributed by atoms with van der Waals surface area (Å²) in [6.45, 7) is 0. The molecule has 0 aromatic rings. The van der Waals surface area contributed by atoms with Crippen molar-refractivity contribution in [1.29, 1.82) is 0 Å². The van der Waals surface area contributed by atoms with E-state index in [0.717, 1.165) is 0 Å². The van der Waals surface area contributed by atoms with Crippen molar-refractivity contribution in [2.45, 2.75) is 0 Å². The van der Waals surface area contributed by atoms with Gasteiger partial charge in [-0.25, -0.2) is 4.79 Å². The third-order valence-electron chi connectivity index (χ3n) is 1.63. The van der Waals surface area contributed by atoms with Crippen LogP contribution in [0.2, 0.25) is 0 Å². The minimum atomic E-state index is -3.05. The van der Waals surface area contributed by atoms with Crippen molar-refractivity contribution in [3.63, 3.8) is 0 Å². The van der Waals surface area contributed by atoms with Crippen molar-refractivity contribution in [3.8, 4) is 0 Å². The van der Waals surface area contributed by atoms with Crippen LogP contribution >= 0.6 is 0 Å². The Hall–Kier alpha value is -0.673. The van der Waals surface area contributed by atoms with Gasteiger partial charge in [-0.2, -0.15) is 0 Å². The molecule has 86 valence electrons. The minimum absolute atomic E-state index is 0. The van der Waals surface area contributed by atoms with Gasteiger partial charge in [-0.1, -0.05) is 0 Å². The first-order valence-corrected chi connectivity index (χ1v) is 5.22. The maximum atomic E-state index is 11.1. The highest BCUT2D eigenvalue weighted by Gasteiger charge is 2.48. The monoisotopic (exact) mass is 226 g/mol. The summed E-state index contributed by atoms with van der Waals surface area (Å²) in [6, 6.07) is 0. The molecule has 0 rings (SSSR count). The van der Waals surface area contributed by atoms with Gasteiger partial charge in [0.15, 0.2) is 0 Å². The lowest BCUT2D eigenvalue weighted by atomic mass is 11.1. The molecule has 1 amide bonds. The number of ether oxygens (including phenoxy) is 1. The van der Waals surface area contributed by atoms with Crippen LogP contribution in [0.5, 0.6) is 0 Å². The number of nitrogens with zero attached hydrogens (tertiary/aromatic N) is 1. The number of amides is 1. The smallest absolute Gasteiger partial charge is 0.453 e. The topological polar surface area (TPSA) is 92.2 Å². The second-order valence-corrected chi connectivity index (χ2v) is 5.11. The quantitative estimate of drug-likeness (QED) is 0.689. The van der Waals surface area contributed by atoms with Crippen LogP contribution in [0.1, 0.15) is 0 Å². The molecular formula is C6H18N2O5Si.